The molecular formula is C18H30N2O. The molecule has 21 heavy (non-hydrogen) atoms. The van der Waals surface area contributed by atoms with Gasteiger partial charge >= 0.3 is 0 Å². The van der Waals surface area contributed by atoms with Gasteiger partial charge in [0.1, 0.15) is 5.75 Å². The van der Waals surface area contributed by atoms with Crippen LogP contribution in [0.3, 0.4) is 0 Å². The molecule has 0 unspecified atom stereocenters. The van der Waals surface area contributed by atoms with Crippen molar-refractivity contribution in [3.63, 3.8) is 0 Å². The van der Waals surface area contributed by atoms with Gasteiger partial charge < -0.3 is 15.0 Å². The lowest BCUT2D eigenvalue weighted by Crippen LogP contribution is -2.36. The largest absolute Gasteiger partial charge is 0.494 e. The molecule has 1 aromatic rings. The average Bonchev–Trinajstić information content (AvgIpc) is 2.54. The molecule has 0 bridgehead atoms. The van der Waals surface area contributed by atoms with E-state index in [2.05, 4.69) is 42.3 Å². The van der Waals surface area contributed by atoms with Crippen LogP contribution in [0.15, 0.2) is 24.3 Å². The molecule has 0 aliphatic carbocycles. The molecule has 3 heteroatoms. The third kappa shape index (κ3) is 5.68. The highest BCUT2D eigenvalue weighted by Crippen LogP contribution is 2.17. The highest BCUT2D eigenvalue weighted by atomic mass is 16.5. The molecule has 1 fully saturated rings. The van der Waals surface area contributed by atoms with Crippen LogP contribution < -0.4 is 10.1 Å². The van der Waals surface area contributed by atoms with Gasteiger partial charge in [-0.25, -0.2) is 0 Å². The Bertz CT molecular complexity index is 400. The van der Waals surface area contributed by atoms with E-state index in [1.165, 1.54) is 38.0 Å². The summed E-state index contributed by atoms with van der Waals surface area (Å²) in [6.45, 7) is 11.0. The standard InChI is InChI=1S/C18H30N2O/c1-3-12-21-18-7-5-6-17(13-18)15-19-14-16-8-10-20(4-2)11-9-16/h5-7,13,16,19H,3-4,8-12,14-15H2,1-2H3. The third-order valence-corrected chi connectivity index (χ3v) is 4.29. The molecule has 0 amide bonds. The second-order valence-corrected chi connectivity index (χ2v) is 6.00. The van der Waals surface area contributed by atoms with Crippen LogP contribution in [0.4, 0.5) is 0 Å². The monoisotopic (exact) mass is 290 g/mol. The van der Waals surface area contributed by atoms with Gasteiger partial charge in [0, 0.05) is 6.54 Å². The molecule has 0 saturated carbocycles. The first-order valence-electron chi connectivity index (χ1n) is 8.46. The van der Waals surface area contributed by atoms with Gasteiger partial charge in [-0.2, -0.15) is 0 Å². The zero-order chi connectivity index (χ0) is 14.9. The third-order valence-electron chi connectivity index (χ3n) is 4.29. The molecule has 0 radical (unpaired) electrons. The Morgan fingerprint density at radius 1 is 1.24 bits per heavy atom. The van der Waals surface area contributed by atoms with Crippen molar-refractivity contribution in [3.05, 3.63) is 29.8 Å². The number of benzene rings is 1. The summed E-state index contributed by atoms with van der Waals surface area (Å²) in [6.07, 6.45) is 3.72. The summed E-state index contributed by atoms with van der Waals surface area (Å²) in [5.41, 5.74) is 1.31. The van der Waals surface area contributed by atoms with E-state index in [0.717, 1.165) is 37.8 Å². The maximum atomic E-state index is 5.68. The molecule has 0 atom stereocenters. The molecule has 1 aliphatic rings. The van der Waals surface area contributed by atoms with Gasteiger partial charge in [-0.15, -0.1) is 0 Å². The minimum absolute atomic E-state index is 0.798. The minimum atomic E-state index is 0.798. The Morgan fingerprint density at radius 2 is 2.05 bits per heavy atom. The normalized spacial score (nSPS) is 17.0. The van der Waals surface area contributed by atoms with Gasteiger partial charge in [0.25, 0.3) is 0 Å². The zero-order valence-corrected chi connectivity index (χ0v) is 13.6. The Kier molecular flexibility index (Phi) is 7.04. The molecule has 0 aromatic heterocycles. The lowest BCUT2D eigenvalue weighted by molar-refractivity contribution is 0.190. The molecule has 1 saturated heterocycles. The molecule has 118 valence electrons. The van der Waals surface area contributed by atoms with Crippen LogP contribution in [0.2, 0.25) is 0 Å². The van der Waals surface area contributed by atoms with Crippen molar-refractivity contribution < 1.29 is 4.74 Å². The molecular weight excluding hydrogens is 260 g/mol. The number of hydrogen-bond donors (Lipinski definition) is 1. The van der Waals surface area contributed by atoms with Gasteiger partial charge in [-0.1, -0.05) is 26.0 Å². The maximum Gasteiger partial charge on any atom is 0.119 e. The van der Waals surface area contributed by atoms with E-state index < -0.39 is 0 Å². The Hall–Kier alpha value is -1.06. The van der Waals surface area contributed by atoms with Crippen molar-refractivity contribution in [2.24, 2.45) is 5.92 Å². The van der Waals surface area contributed by atoms with Gasteiger partial charge in [0.05, 0.1) is 6.61 Å². The van der Waals surface area contributed by atoms with Crippen LogP contribution >= 0.6 is 0 Å². The van der Waals surface area contributed by atoms with Crippen molar-refractivity contribution >= 4 is 0 Å². The quantitative estimate of drug-likeness (QED) is 0.795. The fourth-order valence-corrected chi connectivity index (χ4v) is 2.89. The molecule has 1 aliphatic heterocycles. The van der Waals surface area contributed by atoms with Crippen molar-refractivity contribution in [1.82, 2.24) is 10.2 Å². The first-order valence-corrected chi connectivity index (χ1v) is 8.46. The lowest BCUT2D eigenvalue weighted by atomic mass is 9.97. The van der Waals surface area contributed by atoms with Crippen LogP contribution in [-0.2, 0) is 6.54 Å². The predicted octanol–water partition coefficient (Wildman–Crippen LogP) is 3.30. The van der Waals surface area contributed by atoms with E-state index in [1.54, 1.807) is 0 Å². The van der Waals surface area contributed by atoms with E-state index in [-0.39, 0.29) is 0 Å². The number of ether oxygens (including phenoxy) is 1. The minimum Gasteiger partial charge on any atom is -0.494 e. The molecule has 3 nitrogen and oxygen atoms in total. The number of nitrogens with zero attached hydrogens (tertiary/aromatic N) is 1. The van der Waals surface area contributed by atoms with Gasteiger partial charge in [-0.3, -0.25) is 0 Å². The fourth-order valence-electron chi connectivity index (χ4n) is 2.89. The van der Waals surface area contributed by atoms with Crippen molar-refractivity contribution in [2.75, 3.05) is 32.8 Å². The van der Waals surface area contributed by atoms with E-state index in [0.29, 0.717) is 0 Å². The molecule has 1 N–H and O–H groups in total. The Labute approximate surface area is 129 Å². The SMILES string of the molecule is CCCOc1cccc(CNCC2CCN(CC)CC2)c1. The van der Waals surface area contributed by atoms with Crippen molar-refractivity contribution in [2.45, 2.75) is 39.7 Å². The number of piperidine rings is 1. The van der Waals surface area contributed by atoms with Crippen LogP contribution in [-0.4, -0.2) is 37.7 Å². The second-order valence-electron chi connectivity index (χ2n) is 6.00. The van der Waals surface area contributed by atoms with Gasteiger partial charge in [-0.05, 0) is 69.1 Å². The predicted molar refractivity (Wildman–Crippen MR) is 88.8 cm³/mol. The van der Waals surface area contributed by atoms with Crippen LogP contribution in [0, 0.1) is 5.92 Å². The molecule has 1 aromatic carbocycles. The first kappa shape index (κ1) is 16.3. The first-order chi connectivity index (χ1) is 10.3. The van der Waals surface area contributed by atoms with Crippen molar-refractivity contribution in [1.29, 1.82) is 0 Å². The smallest absolute Gasteiger partial charge is 0.119 e. The molecule has 2 rings (SSSR count). The summed E-state index contributed by atoms with van der Waals surface area (Å²) in [5.74, 6) is 1.83. The zero-order valence-electron chi connectivity index (χ0n) is 13.6. The summed E-state index contributed by atoms with van der Waals surface area (Å²) in [4.78, 5) is 2.55. The number of hydrogen-bond acceptors (Lipinski definition) is 3. The summed E-state index contributed by atoms with van der Waals surface area (Å²) in [6, 6.07) is 8.45. The fraction of sp³-hybridized carbons (Fsp3) is 0.667. The Balaban J connectivity index is 1.68. The summed E-state index contributed by atoms with van der Waals surface area (Å²) in [7, 11) is 0. The topological polar surface area (TPSA) is 24.5 Å². The lowest BCUT2D eigenvalue weighted by Gasteiger charge is -2.31. The van der Waals surface area contributed by atoms with Crippen molar-refractivity contribution in [3.8, 4) is 5.75 Å². The molecule has 0 spiro atoms. The number of nitrogens with one attached hydrogen (secondary N) is 1. The average molecular weight is 290 g/mol. The summed E-state index contributed by atoms with van der Waals surface area (Å²) < 4.78 is 5.68. The maximum absolute atomic E-state index is 5.68. The van der Waals surface area contributed by atoms with Crippen LogP contribution in [0.1, 0.15) is 38.7 Å². The molecule has 1 heterocycles. The van der Waals surface area contributed by atoms with Gasteiger partial charge in [0.2, 0.25) is 0 Å². The summed E-state index contributed by atoms with van der Waals surface area (Å²) >= 11 is 0. The number of rotatable bonds is 8. The van der Waals surface area contributed by atoms with Crippen LogP contribution in [0.5, 0.6) is 5.75 Å². The van der Waals surface area contributed by atoms with E-state index in [9.17, 15) is 0 Å². The highest BCUT2D eigenvalue weighted by molar-refractivity contribution is 5.28. The van der Waals surface area contributed by atoms with Crippen LogP contribution in [0.25, 0.3) is 0 Å². The number of likely N-dealkylation sites (tertiary alicyclic amines) is 1. The second kappa shape index (κ2) is 9.06. The Morgan fingerprint density at radius 3 is 2.76 bits per heavy atom. The van der Waals surface area contributed by atoms with E-state index >= 15 is 0 Å². The van der Waals surface area contributed by atoms with E-state index in [4.69, 9.17) is 4.74 Å². The van der Waals surface area contributed by atoms with E-state index in [1.807, 2.05) is 6.07 Å². The van der Waals surface area contributed by atoms with Gasteiger partial charge in [0.15, 0.2) is 0 Å². The summed E-state index contributed by atoms with van der Waals surface area (Å²) in [5, 5.41) is 3.61. The highest BCUT2D eigenvalue weighted by Gasteiger charge is 2.17.